The first-order valence-electron chi connectivity index (χ1n) is 6.07. The standard InChI is InChI=1S/C11H24BF2IP4/c1-5-6-9(15,17)11(18,19)10(12,7(2,3)13)8(4,14)16/h5-6,16-19H2,1-4H3. The van der Waals surface area contributed by atoms with Crippen molar-refractivity contribution < 1.29 is 8.78 Å². The van der Waals surface area contributed by atoms with E-state index < -0.39 is 24.5 Å². The van der Waals surface area contributed by atoms with Crippen molar-refractivity contribution in [2.45, 2.75) is 65.0 Å². The third-order valence-corrected chi connectivity index (χ3v) is 10.1. The van der Waals surface area contributed by atoms with Crippen LogP contribution < -0.4 is 0 Å². The van der Waals surface area contributed by atoms with Gasteiger partial charge >= 0.3 is 0 Å². The van der Waals surface area contributed by atoms with Crippen molar-refractivity contribution >= 4 is 67.4 Å². The average molecular weight is 456 g/mol. The van der Waals surface area contributed by atoms with Crippen molar-refractivity contribution in [1.82, 2.24) is 0 Å². The van der Waals surface area contributed by atoms with Gasteiger partial charge in [-0.15, -0.1) is 27.7 Å². The van der Waals surface area contributed by atoms with Crippen LogP contribution in [-0.2, 0) is 0 Å². The first-order valence-corrected chi connectivity index (χ1v) is 9.46. The molecule has 0 saturated heterocycles. The van der Waals surface area contributed by atoms with Crippen LogP contribution >= 0.6 is 59.6 Å². The van der Waals surface area contributed by atoms with Gasteiger partial charge in [-0.25, -0.2) is 8.78 Å². The Morgan fingerprint density at radius 2 is 1.42 bits per heavy atom. The van der Waals surface area contributed by atoms with Gasteiger partial charge in [0.2, 0.25) is 0 Å². The van der Waals surface area contributed by atoms with E-state index in [1.54, 1.807) is 0 Å². The Morgan fingerprint density at radius 3 is 1.63 bits per heavy atom. The minimum Gasteiger partial charge on any atom is -0.245 e. The van der Waals surface area contributed by atoms with Crippen molar-refractivity contribution in [3.63, 3.8) is 0 Å². The quantitative estimate of drug-likeness (QED) is 0.232. The van der Waals surface area contributed by atoms with Crippen LogP contribution in [0.2, 0.25) is 5.31 Å². The highest BCUT2D eigenvalue weighted by molar-refractivity contribution is 14.1. The maximum Gasteiger partial charge on any atom is 0.123 e. The van der Waals surface area contributed by atoms with Crippen molar-refractivity contribution in [2.75, 3.05) is 0 Å². The molecule has 8 heteroatoms. The topological polar surface area (TPSA) is 0 Å². The lowest BCUT2D eigenvalue weighted by Gasteiger charge is -2.60. The summed E-state index contributed by atoms with van der Waals surface area (Å²) >= 11 is 2.22. The van der Waals surface area contributed by atoms with Crippen LogP contribution in [0.3, 0.4) is 0 Å². The molecule has 0 heterocycles. The van der Waals surface area contributed by atoms with E-state index in [1.807, 2.05) is 6.92 Å². The zero-order chi connectivity index (χ0) is 15.9. The van der Waals surface area contributed by atoms with Gasteiger partial charge in [0.15, 0.2) is 0 Å². The van der Waals surface area contributed by atoms with Gasteiger partial charge in [0.05, 0.1) is 7.85 Å². The Hall–Kier alpha value is 2.37. The van der Waals surface area contributed by atoms with Crippen LogP contribution in [0.4, 0.5) is 8.78 Å². The molecule has 0 nitrogen and oxygen atoms in total. The maximum absolute atomic E-state index is 14.8. The molecule has 0 aromatic heterocycles. The molecular formula is C11H24BF2IP4. The molecule has 0 aromatic carbocycles. The van der Waals surface area contributed by atoms with E-state index in [4.69, 9.17) is 7.85 Å². The molecule has 0 amide bonds. The Labute approximate surface area is 140 Å². The van der Waals surface area contributed by atoms with Gasteiger partial charge < -0.3 is 0 Å². The molecule has 0 fully saturated rings. The van der Waals surface area contributed by atoms with Crippen LogP contribution in [0.5, 0.6) is 0 Å². The monoisotopic (exact) mass is 456 g/mol. The molecule has 0 aliphatic rings. The molecule has 112 valence electrons. The molecule has 0 aliphatic carbocycles. The van der Waals surface area contributed by atoms with Gasteiger partial charge in [-0.3, -0.25) is 0 Å². The molecule has 7 unspecified atom stereocenters. The maximum atomic E-state index is 14.8. The number of hydrogen-bond acceptors (Lipinski definition) is 0. The van der Waals surface area contributed by atoms with Gasteiger partial charge in [-0.2, -0.15) is 0 Å². The second-order valence-corrected chi connectivity index (χ2v) is 13.5. The summed E-state index contributed by atoms with van der Waals surface area (Å²) in [7, 11) is 16.2. The summed E-state index contributed by atoms with van der Waals surface area (Å²) in [6.07, 6.45) is 1.68. The summed E-state index contributed by atoms with van der Waals surface area (Å²) in [5.74, 6) is 0. The Morgan fingerprint density at radius 1 is 1.05 bits per heavy atom. The molecule has 0 aliphatic heterocycles. The summed E-state index contributed by atoms with van der Waals surface area (Å²) in [6.45, 7) is 6.02. The summed E-state index contributed by atoms with van der Waals surface area (Å²) in [6, 6.07) is 0. The van der Waals surface area contributed by atoms with Crippen molar-refractivity contribution in [3.8, 4) is 0 Å². The lowest BCUT2D eigenvalue weighted by molar-refractivity contribution is 0.0524. The van der Waals surface area contributed by atoms with E-state index >= 15 is 0 Å². The number of hydrogen-bond donors (Lipinski definition) is 0. The second kappa shape index (κ2) is 6.47. The average Bonchev–Trinajstić information content (AvgIpc) is 2.12. The molecule has 0 bridgehead atoms. The highest BCUT2D eigenvalue weighted by Gasteiger charge is 2.65. The molecule has 7 atom stereocenters. The van der Waals surface area contributed by atoms with Gasteiger partial charge in [0.25, 0.3) is 0 Å². The number of halogens is 3. The Kier molecular flexibility index (Phi) is 7.28. The third kappa shape index (κ3) is 3.83. The van der Waals surface area contributed by atoms with Gasteiger partial charge in [0.1, 0.15) is 11.1 Å². The molecular weight excluding hydrogens is 432 g/mol. The third-order valence-electron chi connectivity index (χ3n) is 3.66. The van der Waals surface area contributed by atoms with Gasteiger partial charge in [-0.05, 0) is 27.2 Å². The zero-order valence-electron chi connectivity index (χ0n) is 11.9. The van der Waals surface area contributed by atoms with Crippen LogP contribution in [0.25, 0.3) is 0 Å². The van der Waals surface area contributed by atoms with Crippen molar-refractivity contribution in [2.24, 2.45) is 0 Å². The number of rotatable bonds is 6. The van der Waals surface area contributed by atoms with E-state index in [0.717, 1.165) is 12.8 Å². The van der Waals surface area contributed by atoms with Crippen LogP contribution in [-0.4, -0.2) is 27.0 Å². The predicted molar refractivity (Wildman–Crippen MR) is 106 cm³/mol. The van der Waals surface area contributed by atoms with Crippen LogP contribution in [0, 0.1) is 0 Å². The van der Waals surface area contributed by atoms with E-state index in [2.05, 4.69) is 59.6 Å². The lowest BCUT2D eigenvalue weighted by Crippen LogP contribution is -2.60. The Bertz CT molecular complexity index is 310. The summed E-state index contributed by atoms with van der Waals surface area (Å²) in [5, 5.41) is -3.68. The molecule has 0 spiro atoms. The second-order valence-electron chi connectivity index (χ2n) is 5.84. The van der Waals surface area contributed by atoms with E-state index in [1.165, 1.54) is 20.8 Å². The smallest absolute Gasteiger partial charge is 0.123 e. The van der Waals surface area contributed by atoms with Crippen molar-refractivity contribution in [3.05, 3.63) is 0 Å². The number of alkyl halides is 3. The minimum atomic E-state index is -1.96. The first-order chi connectivity index (χ1) is 8.06. The fourth-order valence-electron chi connectivity index (χ4n) is 2.38. The van der Waals surface area contributed by atoms with E-state index in [9.17, 15) is 8.78 Å². The normalized spacial score (nSPS) is 23.3. The summed E-state index contributed by atoms with van der Waals surface area (Å²) < 4.78 is 29.1. The zero-order valence-corrected chi connectivity index (χ0v) is 18.7. The fourth-order valence-corrected chi connectivity index (χ4v) is 6.31. The summed E-state index contributed by atoms with van der Waals surface area (Å²) in [5.41, 5.74) is -1.90. The lowest BCUT2D eigenvalue weighted by atomic mass is 9.53. The predicted octanol–water partition coefficient (Wildman–Crippen LogP) is 4.88. The molecule has 0 rings (SSSR count). The SMILES string of the molecule is [B]C(C(C)(C)F)(C(C)(F)P)C(P)(P)C(P)(I)CCC. The fraction of sp³-hybridized carbons (Fsp3) is 1.00. The van der Waals surface area contributed by atoms with Crippen LogP contribution in [0.15, 0.2) is 0 Å². The van der Waals surface area contributed by atoms with Gasteiger partial charge in [-0.1, -0.05) is 45.2 Å². The largest absolute Gasteiger partial charge is 0.245 e. The highest BCUT2D eigenvalue weighted by atomic mass is 127. The summed E-state index contributed by atoms with van der Waals surface area (Å²) in [4.78, 5) is -0.940. The molecule has 2 radical (unpaired) electrons. The molecule has 0 N–H and O–H groups in total. The van der Waals surface area contributed by atoms with Gasteiger partial charge in [0, 0.05) is 13.4 Å². The van der Waals surface area contributed by atoms with Crippen molar-refractivity contribution in [1.29, 1.82) is 0 Å². The first kappa shape index (κ1) is 21.4. The highest BCUT2D eigenvalue weighted by Crippen LogP contribution is 2.72. The molecule has 0 aromatic rings. The van der Waals surface area contributed by atoms with E-state index in [0.29, 0.717) is 0 Å². The van der Waals surface area contributed by atoms with Crippen LogP contribution in [0.1, 0.15) is 40.5 Å². The minimum absolute atomic E-state index is 0.461. The van der Waals surface area contributed by atoms with E-state index in [-0.39, 0.29) is 0 Å². The molecule has 19 heavy (non-hydrogen) atoms. The Balaban J connectivity index is 6.05. The molecule has 0 saturated carbocycles.